The molecule has 0 aliphatic carbocycles. The summed E-state index contributed by atoms with van der Waals surface area (Å²) >= 11 is 0. The van der Waals surface area contributed by atoms with Crippen molar-refractivity contribution in [1.82, 2.24) is 0 Å². The van der Waals surface area contributed by atoms with Gasteiger partial charge < -0.3 is 9.84 Å². The molecule has 0 amide bonds. The lowest BCUT2D eigenvalue weighted by Gasteiger charge is -2.21. The summed E-state index contributed by atoms with van der Waals surface area (Å²) in [6.07, 6.45) is 2.26. The van der Waals surface area contributed by atoms with E-state index in [1.807, 2.05) is 13.8 Å². The Morgan fingerprint density at radius 1 is 1.36 bits per heavy atom. The Balaban J connectivity index is 2.36. The van der Waals surface area contributed by atoms with Crippen molar-refractivity contribution in [2.24, 2.45) is 5.92 Å². The van der Waals surface area contributed by atoms with Crippen LogP contribution in [0.2, 0.25) is 0 Å². The van der Waals surface area contributed by atoms with Crippen LogP contribution in [0.4, 0.5) is 0 Å². The highest BCUT2D eigenvalue weighted by molar-refractivity contribution is 4.78. The molecule has 1 rings (SSSR count). The van der Waals surface area contributed by atoms with E-state index in [-0.39, 0.29) is 12.2 Å². The Hall–Kier alpha value is -0.0800. The van der Waals surface area contributed by atoms with Crippen LogP contribution in [-0.4, -0.2) is 23.4 Å². The molecular formula is C9H18O2. The molecule has 2 nitrogen and oxygen atoms in total. The summed E-state index contributed by atoms with van der Waals surface area (Å²) in [5, 5.41) is 9.62. The minimum atomic E-state index is -0.278. The van der Waals surface area contributed by atoms with Crippen LogP contribution in [0.1, 0.15) is 33.6 Å². The maximum Gasteiger partial charge on any atom is 0.0841 e. The topological polar surface area (TPSA) is 29.5 Å². The van der Waals surface area contributed by atoms with Crippen LogP contribution in [0, 0.1) is 5.92 Å². The molecule has 2 heteroatoms. The molecule has 0 saturated carbocycles. The van der Waals surface area contributed by atoms with Crippen LogP contribution in [0.15, 0.2) is 0 Å². The van der Waals surface area contributed by atoms with E-state index in [0.717, 1.165) is 12.8 Å². The van der Waals surface area contributed by atoms with E-state index in [2.05, 4.69) is 6.92 Å². The maximum atomic E-state index is 9.62. The van der Waals surface area contributed by atoms with E-state index < -0.39 is 0 Å². The number of hydrogen-bond donors (Lipinski definition) is 1. The van der Waals surface area contributed by atoms with Crippen molar-refractivity contribution in [1.29, 1.82) is 0 Å². The maximum absolute atomic E-state index is 9.62. The molecule has 1 aliphatic heterocycles. The molecule has 1 aliphatic rings. The van der Waals surface area contributed by atoms with Gasteiger partial charge in [0.15, 0.2) is 0 Å². The predicted octanol–water partition coefficient (Wildman–Crippen LogP) is 1.57. The zero-order valence-electron chi connectivity index (χ0n) is 7.58. The van der Waals surface area contributed by atoms with E-state index in [1.54, 1.807) is 0 Å². The van der Waals surface area contributed by atoms with Crippen molar-refractivity contribution in [3.63, 3.8) is 0 Å². The van der Waals surface area contributed by atoms with Gasteiger partial charge in [0.2, 0.25) is 0 Å². The number of rotatable bonds is 2. The molecule has 1 heterocycles. The Morgan fingerprint density at radius 2 is 2.00 bits per heavy atom. The van der Waals surface area contributed by atoms with Crippen molar-refractivity contribution in [3.05, 3.63) is 0 Å². The standard InChI is InChI=1S/C9H18O2/c1-6(2)9(10)8-5-4-7(3)11-8/h6-10H,4-5H2,1-3H3/t7-,8+,9-/m1/s1. The second-order valence-electron chi connectivity index (χ2n) is 3.80. The molecule has 0 radical (unpaired) electrons. The summed E-state index contributed by atoms with van der Waals surface area (Å²) in [5.74, 6) is 0.310. The molecule has 0 unspecified atom stereocenters. The summed E-state index contributed by atoms with van der Waals surface area (Å²) in [7, 11) is 0. The van der Waals surface area contributed by atoms with Crippen LogP contribution in [0.5, 0.6) is 0 Å². The Labute approximate surface area is 68.6 Å². The SMILES string of the molecule is CC(C)[C@@H](O)[C@@H]1CC[C@@H](C)O1. The largest absolute Gasteiger partial charge is 0.390 e. The van der Waals surface area contributed by atoms with Gasteiger partial charge >= 0.3 is 0 Å². The fraction of sp³-hybridized carbons (Fsp3) is 1.00. The molecule has 0 spiro atoms. The predicted molar refractivity (Wildman–Crippen MR) is 44.4 cm³/mol. The van der Waals surface area contributed by atoms with E-state index in [9.17, 15) is 5.11 Å². The number of aliphatic hydroxyl groups excluding tert-OH is 1. The zero-order valence-corrected chi connectivity index (χ0v) is 7.58. The molecule has 0 aromatic rings. The van der Waals surface area contributed by atoms with Gasteiger partial charge in [-0.05, 0) is 25.7 Å². The monoisotopic (exact) mass is 158 g/mol. The van der Waals surface area contributed by atoms with Gasteiger partial charge in [-0.1, -0.05) is 13.8 Å². The Kier molecular flexibility index (Phi) is 2.90. The zero-order chi connectivity index (χ0) is 8.43. The molecule has 0 aromatic carbocycles. The minimum absolute atomic E-state index is 0.0880. The van der Waals surface area contributed by atoms with Crippen molar-refractivity contribution in [2.75, 3.05) is 0 Å². The van der Waals surface area contributed by atoms with E-state index in [4.69, 9.17) is 4.74 Å². The van der Waals surface area contributed by atoms with Crippen LogP contribution in [-0.2, 0) is 4.74 Å². The molecule has 0 aromatic heterocycles. The molecule has 1 N–H and O–H groups in total. The van der Waals surface area contributed by atoms with E-state index >= 15 is 0 Å². The lowest BCUT2D eigenvalue weighted by Crippen LogP contribution is -2.30. The van der Waals surface area contributed by atoms with Gasteiger partial charge in [0.1, 0.15) is 0 Å². The first-order chi connectivity index (χ1) is 5.11. The summed E-state index contributed by atoms with van der Waals surface area (Å²) in [4.78, 5) is 0. The highest BCUT2D eigenvalue weighted by atomic mass is 16.5. The second-order valence-corrected chi connectivity index (χ2v) is 3.80. The number of aliphatic hydroxyl groups is 1. The number of ether oxygens (including phenoxy) is 1. The van der Waals surface area contributed by atoms with Gasteiger partial charge in [-0.25, -0.2) is 0 Å². The molecule has 66 valence electrons. The molecular weight excluding hydrogens is 140 g/mol. The van der Waals surface area contributed by atoms with Crippen molar-refractivity contribution in [2.45, 2.75) is 51.9 Å². The Morgan fingerprint density at radius 3 is 2.36 bits per heavy atom. The average molecular weight is 158 g/mol. The highest BCUT2D eigenvalue weighted by Crippen LogP contribution is 2.24. The Bertz CT molecular complexity index is 123. The van der Waals surface area contributed by atoms with Crippen LogP contribution in [0.25, 0.3) is 0 Å². The third kappa shape index (κ3) is 2.17. The molecule has 1 saturated heterocycles. The summed E-state index contributed by atoms with van der Waals surface area (Å²) in [6, 6.07) is 0. The van der Waals surface area contributed by atoms with Gasteiger partial charge in [0.05, 0.1) is 18.3 Å². The van der Waals surface area contributed by atoms with Crippen LogP contribution < -0.4 is 0 Å². The summed E-state index contributed by atoms with van der Waals surface area (Å²) in [6.45, 7) is 6.11. The molecule has 11 heavy (non-hydrogen) atoms. The highest BCUT2D eigenvalue weighted by Gasteiger charge is 2.29. The van der Waals surface area contributed by atoms with Crippen molar-refractivity contribution >= 4 is 0 Å². The van der Waals surface area contributed by atoms with Crippen LogP contribution in [0.3, 0.4) is 0 Å². The van der Waals surface area contributed by atoms with E-state index in [0.29, 0.717) is 12.0 Å². The number of hydrogen-bond acceptors (Lipinski definition) is 2. The third-order valence-corrected chi connectivity index (χ3v) is 2.33. The lowest BCUT2D eigenvalue weighted by atomic mass is 10.00. The first kappa shape index (κ1) is 9.01. The van der Waals surface area contributed by atoms with Gasteiger partial charge in [-0.15, -0.1) is 0 Å². The fourth-order valence-corrected chi connectivity index (χ4v) is 1.51. The van der Waals surface area contributed by atoms with Gasteiger partial charge in [0.25, 0.3) is 0 Å². The average Bonchev–Trinajstić information content (AvgIpc) is 2.34. The van der Waals surface area contributed by atoms with E-state index in [1.165, 1.54) is 0 Å². The smallest absolute Gasteiger partial charge is 0.0841 e. The summed E-state index contributed by atoms with van der Waals surface area (Å²) in [5.41, 5.74) is 0. The molecule has 3 atom stereocenters. The van der Waals surface area contributed by atoms with Gasteiger partial charge in [0, 0.05) is 0 Å². The quantitative estimate of drug-likeness (QED) is 0.661. The fourth-order valence-electron chi connectivity index (χ4n) is 1.51. The van der Waals surface area contributed by atoms with Gasteiger partial charge in [-0.2, -0.15) is 0 Å². The van der Waals surface area contributed by atoms with Crippen LogP contribution >= 0.6 is 0 Å². The first-order valence-electron chi connectivity index (χ1n) is 4.44. The molecule has 1 fully saturated rings. The second kappa shape index (κ2) is 3.55. The minimum Gasteiger partial charge on any atom is -0.390 e. The van der Waals surface area contributed by atoms with Gasteiger partial charge in [-0.3, -0.25) is 0 Å². The molecule has 0 bridgehead atoms. The normalized spacial score (nSPS) is 34.6. The van der Waals surface area contributed by atoms with Crippen molar-refractivity contribution in [3.8, 4) is 0 Å². The van der Waals surface area contributed by atoms with Crippen molar-refractivity contribution < 1.29 is 9.84 Å². The summed E-state index contributed by atoms with van der Waals surface area (Å²) < 4.78 is 5.53. The third-order valence-electron chi connectivity index (χ3n) is 2.33. The first-order valence-corrected chi connectivity index (χ1v) is 4.44. The lowest BCUT2D eigenvalue weighted by molar-refractivity contribution is -0.0468.